The predicted octanol–water partition coefficient (Wildman–Crippen LogP) is 1.85. The third-order valence-electron chi connectivity index (χ3n) is 2.47. The van der Waals surface area contributed by atoms with Crippen molar-refractivity contribution < 1.29 is 9.66 Å². The number of aromatic nitrogens is 1. The van der Waals surface area contributed by atoms with E-state index in [1.807, 2.05) is 0 Å². The van der Waals surface area contributed by atoms with Crippen LogP contribution in [0.2, 0.25) is 0 Å². The Balaban J connectivity index is 2.17. The number of nitro groups is 1. The molecule has 0 aliphatic rings. The molecule has 0 spiro atoms. The number of anilines is 1. The number of rotatable bonds is 5. The van der Waals surface area contributed by atoms with Crippen LogP contribution in [0.1, 0.15) is 5.56 Å². The minimum atomic E-state index is -0.485. The predicted molar refractivity (Wildman–Crippen MR) is 69.5 cm³/mol. The molecule has 0 atom stereocenters. The molecule has 2 rings (SSSR count). The van der Waals surface area contributed by atoms with E-state index in [-0.39, 0.29) is 18.0 Å². The van der Waals surface area contributed by atoms with E-state index in [9.17, 15) is 10.1 Å². The standard InChI is InChI=1S/C12H12N4O3/c13-15-12-9(4-3-7-14-12)8-19-11-6-2-1-5-10(11)16(17)18/h1-7H,8,13H2,(H,14,15). The van der Waals surface area contributed by atoms with Gasteiger partial charge in [0.2, 0.25) is 0 Å². The van der Waals surface area contributed by atoms with Crippen molar-refractivity contribution in [3.05, 3.63) is 58.3 Å². The highest BCUT2D eigenvalue weighted by Gasteiger charge is 2.14. The summed E-state index contributed by atoms with van der Waals surface area (Å²) in [4.78, 5) is 14.4. The molecule has 0 fully saturated rings. The molecule has 7 nitrogen and oxygen atoms in total. The van der Waals surface area contributed by atoms with E-state index in [1.165, 1.54) is 6.07 Å². The Morgan fingerprint density at radius 1 is 1.32 bits per heavy atom. The molecule has 1 aromatic heterocycles. The van der Waals surface area contributed by atoms with Gasteiger partial charge >= 0.3 is 5.69 Å². The number of nitro benzene ring substituents is 1. The van der Waals surface area contributed by atoms with Gasteiger partial charge in [-0.15, -0.1) is 0 Å². The van der Waals surface area contributed by atoms with Crippen molar-refractivity contribution in [1.82, 2.24) is 4.98 Å². The summed E-state index contributed by atoms with van der Waals surface area (Å²) in [6, 6.07) is 9.70. The second-order valence-corrected chi connectivity index (χ2v) is 3.67. The van der Waals surface area contributed by atoms with Crippen molar-refractivity contribution in [3.8, 4) is 5.75 Å². The summed E-state index contributed by atoms with van der Waals surface area (Å²) in [5.41, 5.74) is 3.08. The fraction of sp³-hybridized carbons (Fsp3) is 0.0833. The van der Waals surface area contributed by atoms with Crippen LogP contribution in [-0.2, 0) is 6.61 Å². The lowest BCUT2D eigenvalue weighted by molar-refractivity contribution is -0.385. The number of benzene rings is 1. The molecule has 0 saturated heterocycles. The number of hydrazine groups is 1. The third-order valence-corrected chi connectivity index (χ3v) is 2.47. The summed E-state index contributed by atoms with van der Waals surface area (Å²) >= 11 is 0. The molecule has 1 heterocycles. The number of hydrogen-bond donors (Lipinski definition) is 2. The van der Waals surface area contributed by atoms with Crippen LogP contribution in [-0.4, -0.2) is 9.91 Å². The molecular formula is C12H12N4O3. The minimum Gasteiger partial charge on any atom is -0.482 e. The summed E-state index contributed by atoms with van der Waals surface area (Å²) in [5, 5.41) is 10.8. The van der Waals surface area contributed by atoms with Gasteiger partial charge in [0.05, 0.1) is 4.92 Å². The van der Waals surface area contributed by atoms with Crippen LogP contribution in [0, 0.1) is 10.1 Å². The lowest BCUT2D eigenvalue weighted by Crippen LogP contribution is -2.12. The van der Waals surface area contributed by atoms with Gasteiger partial charge in [0.15, 0.2) is 5.75 Å². The Labute approximate surface area is 109 Å². The third kappa shape index (κ3) is 2.96. The van der Waals surface area contributed by atoms with E-state index in [4.69, 9.17) is 10.6 Å². The highest BCUT2D eigenvalue weighted by Crippen LogP contribution is 2.27. The number of nitrogens with two attached hydrogens (primary N) is 1. The normalized spacial score (nSPS) is 9.95. The van der Waals surface area contributed by atoms with Crippen LogP contribution in [0.15, 0.2) is 42.6 Å². The smallest absolute Gasteiger partial charge is 0.310 e. The first kappa shape index (κ1) is 12.8. The number of para-hydroxylation sites is 2. The first-order valence-corrected chi connectivity index (χ1v) is 5.49. The van der Waals surface area contributed by atoms with E-state index in [2.05, 4.69) is 10.4 Å². The van der Waals surface area contributed by atoms with Gasteiger partial charge in [-0.05, 0) is 12.1 Å². The van der Waals surface area contributed by atoms with Crippen LogP contribution in [0.4, 0.5) is 11.5 Å². The number of nitrogens with zero attached hydrogens (tertiary/aromatic N) is 2. The van der Waals surface area contributed by atoms with Gasteiger partial charge < -0.3 is 10.2 Å². The Hall–Kier alpha value is -2.67. The molecule has 7 heteroatoms. The van der Waals surface area contributed by atoms with E-state index in [1.54, 1.807) is 36.5 Å². The fourth-order valence-corrected chi connectivity index (χ4v) is 1.57. The summed E-state index contributed by atoms with van der Waals surface area (Å²) in [6.07, 6.45) is 1.59. The van der Waals surface area contributed by atoms with Gasteiger partial charge in [-0.2, -0.15) is 0 Å². The summed E-state index contributed by atoms with van der Waals surface area (Å²) < 4.78 is 5.45. The first-order valence-electron chi connectivity index (χ1n) is 5.49. The SMILES string of the molecule is NNc1ncccc1COc1ccccc1[N+](=O)[O-]. The van der Waals surface area contributed by atoms with E-state index in [0.717, 1.165) is 0 Å². The Morgan fingerprint density at radius 2 is 2.11 bits per heavy atom. The van der Waals surface area contributed by atoms with Gasteiger partial charge in [0.25, 0.3) is 0 Å². The first-order chi connectivity index (χ1) is 9.22. The molecule has 0 unspecified atom stereocenters. The molecule has 2 aromatic rings. The minimum absolute atomic E-state index is 0.0753. The zero-order chi connectivity index (χ0) is 13.7. The van der Waals surface area contributed by atoms with E-state index >= 15 is 0 Å². The number of ether oxygens (including phenoxy) is 1. The number of pyridine rings is 1. The van der Waals surface area contributed by atoms with Crippen molar-refractivity contribution in [2.24, 2.45) is 5.84 Å². The maximum atomic E-state index is 10.8. The summed E-state index contributed by atoms with van der Waals surface area (Å²) in [7, 11) is 0. The molecule has 0 saturated carbocycles. The van der Waals surface area contributed by atoms with Gasteiger partial charge in [-0.1, -0.05) is 18.2 Å². The van der Waals surface area contributed by atoms with Crippen molar-refractivity contribution >= 4 is 11.5 Å². The average Bonchev–Trinajstić information content (AvgIpc) is 2.45. The topological polar surface area (TPSA) is 103 Å². The van der Waals surface area contributed by atoms with Crippen LogP contribution >= 0.6 is 0 Å². The molecular weight excluding hydrogens is 248 g/mol. The van der Waals surface area contributed by atoms with Crippen molar-refractivity contribution in [2.75, 3.05) is 5.43 Å². The summed E-state index contributed by atoms with van der Waals surface area (Å²) in [5.74, 6) is 6.00. The van der Waals surface area contributed by atoms with Crippen molar-refractivity contribution in [1.29, 1.82) is 0 Å². The van der Waals surface area contributed by atoms with Crippen LogP contribution in [0.5, 0.6) is 5.75 Å². The largest absolute Gasteiger partial charge is 0.482 e. The van der Waals surface area contributed by atoms with Crippen LogP contribution in [0.25, 0.3) is 0 Å². The zero-order valence-electron chi connectivity index (χ0n) is 9.95. The Bertz CT molecular complexity index is 589. The zero-order valence-corrected chi connectivity index (χ0v) is 9.95. The molecule has 19 heavy (non-hydrogen) atoms. The van der Waals surface area contributed by atoms with E-state index in [0.29, 0.717) is 11.4 Å². The van der Waals surface area contributed by atoms with Gasteiger partial charge in [0, 0.05) is 17.8 Å². The van der Waals surface area contributed by atoms with Gasteiger partial charge in [-0.3, -0.25) is 10.1 Å². The van der Waals surface area contributed by atoms with E-state index < -0.39 is 4.92 Å². The molecule has 0 amide bonds. The molecule has 1 aromatic carbocycles. The maximum absolute atomic E-state index is 10.8. The lowest BCUT2D eigenvalue weighted by Gasteiger charge is -2.09. The van der Waals surface area contributed by atoms with Crippen LogP contribution < -0.4 is 16.0 Å². The highest BCUT2D eigenvalue weighted by molar-refractivity contribution is 5.47. The Kier molecular flexibility index (Phi) is 3.89. The lowest BCUT2D eigenvalue weighted by atomic mass is 10.2. The summed E-state index contributed by atoms with van der Waals surface area (Å²) in [6.45, 7) is 0.137. The quantitative estimate of drug-likeness (QED) is 0.483. The number of hydrogen-bond acceptors (Lipinski definition) is 6. The molecule has 3 N–H and O–H groups in total. The number of nitrogen functional groups attached to an aromatic ring is 1. The fourth-order valence-electron chi connectivity index (χ4n) is 1.57. The molecule has 0 bridgehead atoms. The monoisotopic (exact) mass is 260 g/mol. The van der Waals surface area contributed by atoms with Gasteiger partial charge in [0.1, 0.15) is 12.4 Å². The average molecular weight is 260 g/mol. The van der Waals surface area contributed by atoms with Gasteiger partial charge in [-0.25, -0.2) is 10.8 Å². The molecule has 0 aliphatic heterocycles. The number of nitrogens with one attached hydrogen (secondary N) is 1. The highest BCUT2D eigenvalue weighted by atomic mass is 16.6. The van der Waals surface area contributed by atoms with Crippen molar-refractivity contribution in [3.63, 3.8) is 0 Å². The second-order valence-electron chi connectivity index (χ2n) is 3.67. The Morgan fingerprint density at radius 3 is 2.84 bits per heavy atom. The van der Waals surface area contributed by atoms with Crippen molar-refractivity contribution in [2.45, 2.75) is 6.61 Å². The van der Waals surface area contributed by atoms with Crippen LogP contribution in [0.3, 0.4) is 0 Å². The molecule has 0 radical (unpaired) electrons. The molecule has 98 valence electrons. The maximum Gasteiger partial charge on any atom is 0.310 e. The molecule has 0 aliphatic carbocycles. The second kappa shape index (κ2) is 5.78.